The summed E-state index contributed by atoms with van der Waals surface area (Å²) < 4.78 is 13.7. The molecule has 6 heteroatoms. The summed E-state index contributed by atoms with van der Waals surface area (Å²) in [5, 5.41) is 20.8. The number of likely N-dealkylation sites (N-methyl/N-ethyl adjacent to an activating group) is 1. The average Bonchev–Trinajstić information content (AvgIpc) is 2.45. The number of carboxylic acids is 1. The first kappa shape index (κ1) is 16.4. The summed E-state index contributed by atoms with van der Waals surface area (Å²) in [5.41, 5.74) is 0.859. The highest BCUT2D eigenvalue weighted by molar-refractivity contribution is 5.69. The van der Waals surface area contributed by atoms with Crippen LogP contribution in [-0.2, 0) is 11.3 Å². The van der Waals surface area contributed by atoms with E-state index in [-0.39, 0.29) is 24.4 Å². The van der Waals surface area contributed by atoms with Gasteiger partial charge in [0.25, 0.3) is 0 Å². The van der Waals surface area contributed by atoms with E-state index in [1.54, 1.807) is 12.1 Å². The highest BCUT2D eigenvalue weighted by Gasteiger charge is 2.33. The van der Waals surface area contributed by atoms with Gasteiger partial charge in [-0.15, -0.1) is 0 Å². The van der Waals surface area contributed by atoms with Crippen molar-refractivity contribution in [3.05, 3.63) is 35.1 Å². The smallest absolute Gasteiger partial charge is 0.317 e. The summed E-state index contributed by atoms with van der Waals surface area (Å²) in [5.74, 6) is -1.18. The molecular formula is C16H20FN3O2. The number of aliphatic carboxylic acids is 1. The van der Waals surface area contributed by atoms with Gasteiger partial charge < -0.3 is 10.4 Å². The highest BCUT2D eigenvalue weighted by Crippen LogP contribution is 2.26. The molecule has 0 radical (unpaired) electrons. The van der Waals surface area contributed by atoms with Crippen LogP contribution in [0.15, 0.2) is 18.2 Å². The van der Waals surface area contributed by atoms with Crippen molar-refractivity contribution in [2.75, 3.05) is 13.1 Å². The molecule has 0 atom stereocenters. The molecule has 1 aliphatic carbocycles. The van der Waals surface area contributed by atoms with Crippen LogP contribution in [0.5, 0.6) is 0 Å². The Hall–Kier alpha value is -1.97. The van der Waals surface area contributed by atoms with Gasteiger partial charge in [-0.1, -0.05) is 13.0 Å². The van der Waals surface area contributed by atoms with E-state index < -0.39 is 5.97 Å². The molecule has 5 nitrogen and oxygen atoms in total. The van der Waals surface area contributed by atoms with Crippen molar-refractivity contribution in [2.24, 2.45) is 0 Å². The minimum atomic E-state index is -0.807. The molecule has 1 aromatic carbocycles. The number of rotatable bonds is 7. The second kappa shape index (κ2) is 7.34. The van der Waals surface area contributed by atoms with Gasteiger partial charge in [0.2, 0.25) is 0 Å². The topological polar surface area (TPSA) is 76.4 Å². The van der Waals surface area contributed by atoms with Crippen molar-refractivity contribution >= 4 is 5.97 Å². The molecule has 0 aromatic heterocycles. The molecule has 0 spiro atoms. The van der Waals surface area contributed by atoms with Gasteiger partial charge >= 0.3 is 5.97 Å². The third kappa shape index (κ3) is 4.03. The standard InChI is InChI=1S/C16H20FN3O2/c1-2-20(10-16(21)22)14-6-13(7-14)19-9-12-4-3-11(8-18)5-15(12)17/h3-5,13-14,19H,2,6-7,9-10H2,1H3,(H,21,22). The molecule has 2 N–H and O–H groups in total. The van der Waals surface area contributed by atoms with Gasteiger partial charge in [0, 0.05) is 24.2 Å². The van der Waals surface area contributed by atoms with Crippen LogP contribution in [0, 0.1) is 17.1 Å². The number of halogens is 1. The van der Waals surface area contributed by atoms with Crippen LogP contribution in [0.1, 0.15) is 30.9 Å². The molecule has 22 heavy (non-hydrogen) atoms. The minimum Gasteiger partial charge on any atom is -0.480 e. The molecule has 118 valence electrons. The first-order chi connectivity index (χ1) is 10.5. The van der Waals surface area contributed by atoms with Gasteiger partial charge in [0.15, 0.2) is 0 Å². The van der Waals surface area contributed by atoms with Crippen molar-refractivity contribution in [2.45, 2.75) is 38.4 Å². The molecular weight excluding hydrogens is 285 g/mol. The zero-order valence-electron chi connectivity index (χ0n) is 12.6. The molecule has 1 saturated carbocycles. The summed E-state index contributed by atoms with van der Waals surface area (Å²) in [6, 6.07) is 6.94. The molecule has 1 aromatic rings. The number of carboxylic acid groups (broad SMARTS) is 1. The second-order valence-corrected chi connectivity index (χ2v) is 5.58. The Morgan fingerprint density at radius 2 is 2.27 bits per heavy atom. The van der Waals surface area contributed by atoms with Crippen LogP contribution >= 0.6 is 0 Å². The van der Waals surface area contributed by atoms with E-state index in [0.29, 0.717) is 24.2 Å². The van der Waals surface area contributed by atoms with E-state index in [1.165, 1.54) is 6.07 Å². The maximum atomic E-state index is 13.7. The number of carbonyl (C=O) groups is 1. The predicted octanol–water partition coefficient (Wildman–Crippen LogP) is 1.72. The third-order valence-electron chi connectivity index (χ3n) is 4.14. The van der Waals surface area contributed by atoms with Crippen LogP contribution in [0.25, 0.3) is 0 Å². The number of hydrogen-bond donors (Lipinski definition) is 2. The summed E-state index contributed by atoms with van der Waals surface area (Å²) in [7, 11) is 0. The van der Waals surface area contributed by atoms with E-state index in [9.17, 15) is 9.18 Å². The van der Waals surface area contributed by atoms with Gasteiger partial charge in [-0.2, -0.15) is 5.26 Å². The first-order valence-corrected chi connectivity index (χ1v) is 7.41. The first-order valence-electron chi connectivity index (χ1n) is 7.41. The fourth-order valence-electron chi connectivity index (χ4n) is 2.74. The van der Waals surface area contributed by atoms with Crippen molar-refractivity contribution < 1.29 is 14.3 Å². The molecule has 1 aliphatic rings. The van der Waals surface area contributed by atoms with Crippen molar-refractivity contribution in [3.63, 3.8) is 0 Å². The SMILES string of the molecule is CCN(CC(=O)O)C1CC(NCc2ccc(C#N)cc2F)C1. The van der Waals surface area contributed by atoms with Crippen LogP contribution in [0.4, 0.5) is 4.39 Å². The molecule has 2 rings (SSSR count). The van der Waals surface area contributed by atoms with Gasteiger partial charge in [-0.05, 0) is 31.5 Å². The van der Waals surface area contributed by atoms with Crippen molar-refractivity contribution in [1.29, 1.82) is 5.26 Å². The highest BCUT2D eigenvalue weighted by atomic mass is 19.1. The molecule has 0 saturated heterocycles. The molecule has 0 aliphatic heterocycles. The Morgan fingerprint density at radius 1 is 1.55 bits per heavy atom. The van der Waals surface area contributed by atoms with E-state index in [2.05, 4.69) is 5.32 Å². The number of nitriles is 1. The van der Waals surface area contributed by atoms with Crippen molar-refractivity contribution in [1.82, 2.24) is 10.2 Å². The minimum absolute atomic E-state index is 0.0676. The van der Waals surface area contributed by atoms with E-state index in [4.69, 9.17) is 10.4 Å². The Morgan fingerprint density at radius 3 is 2.82 bits per heavy atom. The molecule has 0 amide bonds. The summed E-state index contributed by atoms with van der Waals surface area (Å²) in [6.07, 6.45) is 1.75. The Balaban J connectivity index is 1.79. The van der Waals surface area contributed by atoms with Gasteiger partial charge in [0.1, 0.15) is 5.82 Å². The van der Waals surface area contributed by atoms with Crippen LogP contribution < -0.4 is 5.32 Å². The number of benzene rings is 1. The summed E-state index contributed by atoms with van der Waals surface area (Å²) >= 11 is 0. The van der Waals surface area contributed by atoms with Gasteiger partial charge in [-0.3, -0.25) is 9.69 Å². The lowest BCUT2D eigenvalue weighted by molar-refractivity contribution is -0.139. The number of hydrogen-bond acceptors (Lipinski definition) is 4. The summed E-state index contributed by atoms with van der Waals surface area (Å²) in [4.78, 5) is 12.7. The zero-order chi connectivity index (χ0) is 16.1. The van der Waals surface area contributed by atoms with Crippen LogP contribution in [0.3, 0.4) is 0 Å². The molecule has 0 heterocycles. The third-order valence-corrected chi connectivity index (χ3v) is 4.14. The molecule has 1 fully saturated rings. The van der Waals surface area contributed by atoms with E-state index in [1.807, 2.05) is 17.9 Å². The largest absolute Gasteiger partial charge is 0.480 e. The molecule has 0 unspecified atom stereocenters. The lowest BCUT2D eigenvalue weighted by Crippen LogP contribution is -2.53. The maximum Gasteiger partial charge on any atom is 0.317 e. The lowest BCUT2D eigenvalue weighted by Gasteiger charge is -2.42. The normalized spacial score (nSPS) is 20.5. The maximum absolute atomic E-state index is 13.7. The van der Waals surface area contributed by atoms with E-state index in [0.717, 1.165) is 12.8 Å². The second-order valence-electron chi connectivity index (χ2n) is 5.58. The average molecular weight is 305 g/mol. The number of nitrogens with zero attached hydrogens (tertiary/aromatic N) is 2. The Labute approximate surface area is 129 Å². The quantitative estimate of drug-likeness (QED) is 0.802. The van der Waals surface area contributed by atoms with E-state index >= 15 is 0 Å². The lowest BCUT2D eigenvalue weighted by atomic mass is 9.85. The fraction of sp³-hybridized carbons (Fsp3) is 0.500. The Kier molecular flexibility index (Phi) is 5.47. The zero-order valence-corrected chi connectivity index (χ0v) is 12.6. The monoisotopic (exact) mass is 305 g/mol. The van der Waals surface area contributed by atoms with Crippen LogP contribution in [-0.4, -0.2) is 41.1 Å². The van der Waals surface area contributed by atoms with Crippen molar-refractivity contribution in [3.8, 4) is 6.07 Å². The van der Waals surface area contributed by atoms with Gasteiger partial charge in [-0.25, -0.2) is 4.39 Å². The fourth-order valence-corrected chi connectivity index (χ4v) is 2.74. The molecule has 0 bridgehead atoms. The predicted molar refractivity (Wildman–Crippen MR) is 79.6 cm³/mol. The number of nitrogens with one attached hydrogen (secondary N) is 1. The summed E-state index contributed by atoms with van der Waals surface area (Å²) in [6.45, 7) is 3.15. The van der Waals surface area contributed by atoms with Crippen LogP contribution in [0.2, 0.25) is 0 Å². The Bertz CT molecular complexity index is 579. The van der Waals surface area contributed by atoms with Gasteiger partial charge in [0.05, 0.1) is 18.2 Å².